The van der Waals surface area contributed by atoms with Gasteiger partial charge in [-0.2, -0.15) is 0 Å². The van der Waals surface area contributed by atoms with Crippen LogP contribution in [0.25, 0.3) is 22.4 Å². The van der Waals surface area contributed by atoms with Gasteiger partial charge in [0.1, 0.15) is 11.6 Å². The summed E-state index contributed by atoms with van der Waals surface area (Å²) in [5.41, 5.74) is 3.21. The summed E-state index contributed by atoms with van der Waals surface area (Å²) in [6.45, 7) is 6.87. The number of hydrogen-bond donors (Lipinski definition) is 1. The molecule has 1 aliphatic rings. The highest BCUT2D eigenvalue weighted by Crippen LogP contribution is 2.28. The van der Waals surface area contributed by atoms with Gasteiger partial charge in [0.25, 0.3) is 0 Å². The van der Waals surface area contributed by atoms with Crippen LogP contribution in [0.4, 0.5) is 10.1 Å². The van der Waals surface area contributed by atoms with E-state index in [9.17, 15) is 4.39 Å². The zero-order chi connectivity index (χ0) is 16.5. The zero-order valence-electron chi connectivity index (χ0n) is 13.8. The van der Waals surface area contributed by atoms with Crippen molar-refractivity contribution in [3.8, 4) is 11.4 Å². The van der Waals surface area contributed by atoms with Gasteiger partial charge in [-0.05, 0) is 12.6 Å². The van der Waals surface area contributed by atoms with Crippen LogP contribution in [-0.4, -0.2) is 47.6 Å². The summed E-state index contributed by atoms with van der Waals surface area (Å²) in [4.78, 5) is 12.4. The number of likely N-dealkylation sites (N-methyl/N-ethyl adjacent to an activating group) is 1. The van der Waals surface area contributed by atoms with Crippen molar-refractivity contribution in [3.63, 3.8) is 0 Å². The average molecular weight is 324 g/mol. The van der Waals surface area contributed by atoms with Crippen LogP contribution in [0.3, 0.4) is 0 Å². The lowest BCUT2D eigenvalue weighted by Crippen LogP contribution is -2.46. The van der Waals surface area contributed by atoms with Gasteiger partial charge in [0.05, 0.1) is 16.7 Å². The summed E-state index contributed by atoms with van der Waals surface area (Å²) in [5.74, 6) is 0.591. The Morgan fingerprint density at radius 2 is 1.83 bits per heavy atom. The molecule has 0 atom stereocenters. The number of H-pyrrole nitrogens is 1. The predicted molar refractivity (Wildman–Crippen MR) is 95.8 cm³/mol. The highest BCUT2D eigenvalue weighted by Gasteiger charge is 2.20. The van der Waals surface area contributed by atoms with Crippen LogP contribution in [0.15, 0.2) is 42.5 Å². The molecule has 0 saturated carbocycles. The molecule has 0 unspecified atom stereocenters. The molecule has 1 N–H and O–H groups in total. The van der Waals surface area contributed by atoms with Crippen LogP contribution in [0.5, 0.6) is 0 Å². The van der Waals surface area contributed by atoms with Crippen molar-refractivity contribution < 1.29 is 4.39 Å². The summed E-state index contributed by atoms with van der Waals surface area (Å²) in [7, 11) is 0. The summed E-state index contributed by atoms with van der Waals surface area (Å²) in [5, 5.41) is 0. The standard InChI is InChI=1S/C19H21FN4/c1-2-23-8-10-24(11-9-23)18-13-17-16(12-15(18)20)21-19(22-17)14-6-4-3-5-7-14/h3-7,12-13H,2,8-11H2,1H3,(H,21,22). The van der Waals surface area contributed by atoms with Gasteiger partial charge in [-0.25, -0.2) is 9.37 Å². The Hall–Kier alpha value is -2.40. The first-order valence-electron chi connectivity index (χ1n) is 8.46. The van der Waals surface area contributed by atoms with E-state index in [1.807, 2.05) is 36.4 Å². The minimum atomic E-state index is -0.185. The third-order valence-corrected chi connectivity index (χ3v) is 4.76. The lowest BCUT2D eigenvalue weighted by atomic mass is 10.2. The maximum absolute atomic E-state index is 14.6. The third kappa shape index (κ3) is 2.76. The molecule has 2 aromatic carbocycles. The van der Waals surface area contributed by atoms with Crippen LogP contribution < -0.4 is 4.90 Å². The summed E-state index contributed by atoms with van der Waals surface area (Å²) in [6.07, 6.45) is 0. The molecule has 1 fully saturated rings. The number of halogens is 1. The van der Waals surface area contributed by atoms with Crippen LogP contribution in [0.2, 0.25) is 0 Å². The number of nitrogens with one attached hydrogen (secondary N) is 1. The Morgan fingerprint density at radius 3 is 2.54 bits per heavy atom. The maximum atomic E-state index is 14.6. The molecule has 2 heterocycles. The normalized spacial score (nSPS) is 16.0. The van der Waals surface area contributed by atoms with E-state index >= 15 is 0 Å². The molecular formula is C19H21FN4. The smallest absolute Gasteiger partial charge is 0.148 e. The Bertz CT molecular complexity index is 835. The van der Waals surface area contributed by atoms with Crippen molar-refractivity contribution in [1.82, 2.24) is 14.9 Å². The first-order chi connectivity index (χ1) is 11.7. The van der Waals surface area contributed by atoms with Gasteiger partial charge in [0, 0.05) is 37.8 Å². The highest BCUT2D eigenvalue weighted by molar-refractivity contribution is 5.83. The van der Waals surface area contributed by atoms with Crippen molar-refractivity contribution in [2.45, 2.75) is 6.92 Å². The van der Waals surface area contributed by atoms with Crippen LogP contribution >= 0.6 is 0 Å². The van der Waals surface area contributed by atoms with E-state index in [0.717, 1.165) is 55.1 Å². The molecule has 24 heavy (non-hydrogen) atoms. The Labute approximate surface area is 140 Å². The van der Waals surface area contributed by atoms with Crippen molar-refractivity contribution in [2.75, 3.05) is 37.6 Å². The van der Waals surface area contributed by atoms with Gasteiger partial charge >= 0.3 is 0 Å². The zero-order valence-corrected chi connectivity index (χ0v) is 13.8. The first kappa shape index (κ1) is 15.1. The Morgan fingerprint density at radius 1 is 1.08 bits per heavy atom. The van der Waals surface area contributed by atoms with Crippen molar-refractivity contribution in [2.24, 2.45) is 0 Å². The number of anilines is 1. The van der Waals surface area contributed by atoms with Crippen molar-refractivity contribution in [1.29, 1.82) is 0 Å². The van der Waals surface area contributed by atoms with E-state index in [-0.39, 0.29) is 5.82 Å². The number of hydrogen-bond acceptors (Lipinski definition) is 3. The molecule has 4 nitrogen and oxygen atoms in total. The molecule has 124 valence electrons. The second-order valence-corrected chi connectivity index (χ2v) is 6.19. The Kier molecular flexibility index (Phi) is 3.94. The number of rotatable bonds is 3. The van der Waals surface area contributed by atoms with Gasteiger partial charge < -0.3 is 14.8 Å². The molecular weight excluding hydrogens is 303 g/mol. The monoisotopic (exact) mass is 324 g/mol. The molecule has 1 aromatic heterocycles. The van der Waals surface area contributed by atoms with Crippen molar-refractivity contribution >= 4 is 16.7 Å². The number of aromatic amines is 1. The van der Waals surface area contributed by atoms with Gasteiger partial charge in [-0.3, -0.25) is 0 Å². The van der Waals surface area contributed by atoms with Gasteiger partial charge in [0.15, 0.2) is 0 Å². The number of imidazole rings is 1. The van der Waals surface area contributed by atoms with Crippen LogP contribution in [0, 0.1) is 5.82 Å². The number of benzene rings is 2. The van der Waals surface area contributed by atoms with Gasteiger partial charge in [-0.1, -0.05) is 37.3 Å². The van der Waals surface area contributed by atoms with Gasteiger partial charge in [0.2, 0.25) is 0 Å². The molecule has 1 aliphatic heterocycles. The largest absolute Gasteiger partial charge is 0.367 e. The highest BCUT2D eigenvalue weighted by atomic mass is 19.1. The minimum absolute atomic E-state index is 0.185. The van der Waals surface area contributed by atoms with E-state index in [1.165, 1.54) is 0 Å². The van der Waals surface area contributed by atoms with E-state index in [1.54, 1.807) is 6.07 Å². The molecule has 0 spiro atoms. The second-order valence-electron chi connectivity index (χ2n) is 6.19. The summed E-state index contributed by atoms with van der Waals surface area (Å²) >= 11 is 0. The fraction of sp³-hybridized carbons (Fsp3) is 0.316. The van der Waals surface area contributed by atoms with E-state index in [2.05, 4.69) is 26.7 Å². The second kappa shape index (κ2) is 6.24. The SMILES string of the molecule is CCN1CCN(c2cc3nc(-c4ccccc4)[nH]c3cc2F)CC1. The molecule has 1 saturated heterocycles. The number of piperazine rings is 1. The average Bonchev–Trinajstić information content (AvgIpc) is 3.05. The lowest BCUT2D eigenvalue weighted by molar-refractivity contribution is 0.270. The molecule has 0 amide bonds. The van der Waals surface area contributed by atoms with Crippen LogP contribution in [0.1, 0.15) is 6.92 Å². The summed E-state index contributed by atoms with van der Waals surface area (Å²) in [6, 6.07) is 13.4. The quantitative estimate of drug-likeness (QED) is 0.801. The third-order valence-electron chi connectivity index (χ3n) is 4.76. The molecule has 0 aliphatic carbocycles. The molecule has 0 bridgehead atoms. The molecule has 5 heteroatoms. The van der Waals surface area contributed by atoms with Gasteiger partial charge in [-0.15, -0.1) is 0 Å². The molecule has 0 radical (unpaired) electrons. The Balaban J connectivity index is 1.67. The minimum Gasteiger partial charge on any atom is -0.367 e. The van der Waals surface area contributed by atoms with E-state index in [4.69, 9.17) is 0 Å². The van der Waals surface area contributed by atoms with Crippen molar-refractivity contribution in [3.05, 3.63) is 48.3 Å². The first-order valence-corrected chi connectivity index (χ1v) is 8.46. The molecule has 4 rings (SSSR count). The lowest BCUT2D eigenvalue weighted by Gasteiger charge is -2.35. The molecule has 3 aromatic rings. The predicted octanol–water partition coefficient (Wildman–Crippen LogP) is 3.51. The fourth-order valence-corrected chi connectivity index (χ4v) is 3.30. The number of nitrogens with zero attached hydrogens (tertiary/aromatic N) is 3. The summed E-state index contributed by atoms with van der Waals surface area (Å²) < 4.78 is 14.6. The number of fused-ring (bicyclic) bond motifs is 1. The topological polar surface area (TPSA) is 35.2 Å². The fourth-order valence-electron chi connectivity index (χ4n) is 3.30. The van der Waals surface area contributed by atoms with E-state index < -0.39 is 0 Å². The maximum Gasteiger partial charge on any atom is 0.148 e. The van der Waals surface area contributed by atoms with Crippen LogP contribution in [-0.2, 0) is 0 Å². The van der Waals surface area contributed by atoms with E-state index in [0.29, 0.717) is 5.69 Å². The number of aromatic nitrogens is 2.